The molecule has 0 spiro atoms. The number of rotatable bonds is 56. The highest BCUT2D eigenvalue weighted by Crippen LogP contribution is 2.15. The van der Waals surface area contributed by atoms with E-state index < -0.39 is 6.10 Å². The van der Waals surface area contributed by atoms with Gasteiger partial charge in [0.1, 0.15) is 13.2 Å². The van der Waals surface area contributed by atoms with Crippen molar-refractivity contribution in [2.24, 2.45) is 0 Å². The third kappa shape index (κ3) is 59.3. The normalized spacial score (nSPS) is 12.6. The molecule has 0 saturated heterocycles. The summed E-state index contributed by atoms with van der Waals surface area (Å²) < 4.78 is 16.9. The summed E-state index contributed by atoms with van der Waals surface area (Å²) in [5.41, 5.74) is 0. The molecule has 0 bridgehead atoms. The van der Waals surface area contributed by atoms with Crippen molar-refractivity contribution in [1.29, 1.82) is 0 Å². The molecule has 0 radical (unpaired) electrons. The van der Waals surface area contributed by atoms with Crippen molar-refractivity contribution in [1.82, 2.24) is 0 Å². The van der Waals surface area contributed by atoms with E-state index >= 15 is 0 Å². The van der Waals surface area contributed by atoms with E-state index in [2.05, 4.69) is 106 Å². The van der Waals surface area contributed by atoms with Crippen LogP contribution in [0.25, 0.3) is 0 Å². The van der Waals surface area contributed by atoms with Gasteiger partial charge in [0, 0.05) is 19.3 Å². The van der Waals surface area contributed by atoms with Crippen molar-refractivity contribution in [3.63, 3.8) is 0 Å². The maximum Gasteiger partial charge on any atom is 0.306 e. The molecular weight excluding hydrogens is 901 g/mol. The van der Waals surface area contributed by atoms with Crippen molar-refractivity contribution >= 4 is 17.9 Å². The molecule has 420 valence electrons. The number of carbonyl (C=O) groups excluding carboxylic acids is 3. The van der Waals surface area contributed by atoms with Gasteiger partial charge in [0.15, 0.2) is 6.10 Å². The highest BCUT2D eigenvalue weighted by atomic mass is 16.6. The van der Waals surface area contributed by atoms with Crippen LogP contribution in [0.15, 0.2) is 85.1 Å². The standard InChI is InChI=1S/C67H116O6/c1-4-7-10-13-16-19-22-25-28-31-34-37-39-42-45-48-51-54-57-60-66(69)72-63-64(73-67(70)61-58-55-52-49-46-43-40-36-33-30-27-24-21-18-15-12-9-6-3)62-71-65(68)59-56-53-50-47-44-41-38-35-32-29-26-23-20-17-14-11-8-5-2/h7,10,16,19,25,28-30,32-34,37,42,45,64H,4-6,8-9,11-15,17-18,20-24,26-27,31,35-36,38-41,43-44,46-63H2,1-3H3/b10-7-,19-16-,28-25-,32-29-,33-30-,37-34-,45-42-. The summed E-state index contributed by atoms with van der Waals surface area (Å²) in [6, 6.07) is 0. The Hall–Kier alpha value is -3.41. The largest absolute Gasteiger partial charge is 0.462 e. The molecule has 0 aliphatic heterocycles. The zero-order valence-electron chi connectivity index (χ0n) is 48.1. The van der Waals surface area contributed by atoms with E-state index in [4.69, 9.17) is 14.2 Å². The number of esters is 3. The monoisotopic (exact) mass is 1020 g/mol. The lowest BCUT2D eigenvalue weighted by Gasteiger charge is -2.18. The van der Waals surface area contributed by atoms with Gasteiger partial charge in [-0.3, -0.25) is 14.4 Å². The molecule has 1 atom stereocenters. The van der Waals surface area contributed by atoms with Crippen LogP contribution in [0.5, 0.6) is 0 Å². The van der Waals surface area contributed by atoms with Gasteiger partial charge in [-0.1, -0.05) is 254 Å². The van der Waals surface area contributed by atoms with Crippen molar-refractivity contribution in [3.8, 4) is 0 Å². The van der Waals surface area contributed by atoms with Crippen LogP contribution in [0, 0.1) is 0 Å². The second-order valence-corrected chi connectivity index (χ2v) is 20.6. The van der Waals surface area contributed by atoms with E-state index in [0.29, 0.717) is 19.3 Å². The van der Waals surface area contributed by atoms with Gasteiger partial charge >= 0.3 is 17.9 Å². The number of hydrogen-bond acceptors (Lipinski definition) is 6. The Morgan fingerprint density at radius 3 is 0.863 bits per heavy atom. The van der Waals surface area contributed by atoms with Gasteiger partial charge in [0.2, 0.25) is 0 Å². The molecule has 0 N–H and O–H groups in total. The third-order valence-corrected chi connectivity index (χ3v) is 13.4. The Morgan fingerprint density at radius 1 is 0.288 bits per heavy atom. The van der Waals surface area contributed by atoms with E-state index in [1.807, 2.05) is 0 Å². The highest BCUT2D eigenvalue weighted by molar-refractivity contribution is 5.71. The lowest BCUT2D eigenvalue weighted by Crippen LogP contribution is -2.30. The fraction of sp³-hybridized carbons (Fsp3) is 0.746. The second-order valence-electron chi connectivity index (χ2n) is 20.6. The molecular formula is C67H116O6. The average molecular weight is 1020 g/mol. The van der Waals surface area contributed by atoms with Crippen LogP contribution < -0.4 is 0 Å². The van der Waals surface area contributed by atoms with Gasteiger partial charge in [-0.15, -0.1) is 0 Å². The fourth-order valence-electron chi connectivity index (χ4n) is 8.69. The van der Waals surface area contributed by atoms with E-state index in [0.717, 1.165) is 96.3 Å². The molecule has 73 heavy (non-hydrogen) atoms. The fourth-order valence-corrected chi connectivity index (χ4v) is 8.69. The Labute approximate surface area is 452 Å². The lowest BCUT2D eigenvalue weighted by atomic mass is 10.1. The Balaban J connectivity index is 4.45. The summed E-state index contributed by atoms with van der Waals surface area (Å²) in [4.78, 5) is 38.3. The highest BCUT2D eigenvalue weighted by Gasteiger charge is 2.19. The maximum atomic E-state index is 12.9. The van der Waals surface area contributed by atoms with Gasteiger partial charge in [0.25, 0.3) is 0 Å². The minimum atomic E-state index is -0.796. The Bertz CT molecular complexity index is 1400. The third-order valence-electron chi connectivity index (χ3n) is 13.4. The predicted molar refractivity (Wildman–Crippen MR) is 316 cm³/mol. The van der Waals surface area contributed by atoms with Gasteiger partial charge in [-0.2, -0.15) is 0 Å². The van der Waals surface area contributed by atoms with E-state index in [1.165, 1.54) is 167 Å². The van der Waals surface area contributed by atoms with Gasteiger partial charge < -0.3 is 14.2 Å². The first-order chi connectivity index (χ1) is 36.0. The van der Waals surface area contributed by atoms with E-state index in [1.54, 1.807) is 0 Å². The van der Waals surface area contributed by atoms with Crippen molar-refractivity contribution in [3.05, 3.63) is 85.1 Å². The molecule has 6 heteroatoms. The summed E-state index contributed by atoms with van der Waals surface area (Å²) in [5, 5.41) is 0. The van der Waals surface area contributed by atoms with Gasteiger partial charge in [-0.25, -0.2) is 0 Å². The average Bonchev–Trinajstić information content (AvgIpc) is 3.39. The molecule has 0 aliphatic carbocycles. The molecule has 0 aromatic rings. The topological polar surface area (TPSA) is 78.9 Å². The van der Waals surface area contributed by atoms with Crippen LogP contribution in [-0.4, -0.2) is 37.2 Å². The smallest absolute Gasteiger partial charge is 0.306 e. The number of allylic oxidation sites excluding steroid dienone is 14. The van der Waals surface area contributed by atoms with Crippen molar-refractivity contribution < 1.29 is 28.6 Å². The quantitative estimate of drug-likeness (QED) is 0.0261. The molecule has 1 unspecified atom stereocenters. The first kappa shape index (κ1) is 69.6. The van der Waals surface area contributed by atoms with Crippen LogP contribution >= 0.6 is 0 Å². The van der Waals surface area contributed by atoms with Crippen molar-refractivity contribution in [2.75, 3.05) is 13.2 Å². The SMILES string of the molecule is CC/C=C\C/C=C\C/C=C\C/C=C\C/C=C\CCCCCC(=O)OCC(COC(=O)CCCCCCCCC/C=C\CCCCCCCCC)OC(=O)CCCCCCCCC/C=C\CCCCCCCCC. The maximum absolute atomic E-state index is 12.9. The number of unbranched alkanes of at least 4 members (excludes halogenated alkanes) is 31. The summed E-state index contributed by atoms with van der Waals surface area (Å²) in [6.45, 7) is 6.52. The molecule has 0 amide bonds. The molecule has 0 fully saturated rings. The van der Waals surface area contributed by atoms with E-state index in [9.17, 15) is 14.4 Å². The summed E-state index contributed by atoms with van der Waals surface area (Å²) in [7, 11) is 0. The second kappa shape index (κ2) is 61.1. The minimum absolute atomic E-state index is 0.0904. The first-order valence-corrected chi connectivity index (χ1v) is 31.1. The number of ether oxygens (including phenoxy) is 3. The van der Waals surface area contributed by atoms with Crippen LogP contribution in [-0.2, 0) is 28.6 Å². The Morgan fingerprint density at radius 2 is 0.534 bits per heavy atom. The molecule has 0 heterocycles. The predicted octanol–water partition coefficient (Wildman–Crippen LogP) is 21.1. The lowest BCUT2D eigenvalue weighted by molar-refractivity contribution is -0.167. The number of carbonyl (C=O) groups is 3. The zero-order chi connectivity index (χ0) is 52.9. The van der Waals surface area contributed by atoms with Crippen molar-refractivity contribution in [2.45, 2.75) is 309 Å². The van der Waals surface area contributed by atoms with Gasteiger partial charge in [0.05, 0.1) is 0 Å². The molecule has 0 rings (SSSR count). The molecule has 0 saturated carbocycles. The summed E-state index contributed by atoms with van der Waals surface area (Å²) in [5.74, 6) is -0.922. The molecule has 0 aliphatic rings. The molecule has 6 nitrogen and oxygen atoms in total. The molecule has 0 aromatic heterocycles. The summed E-state index contributed by atoms with van der Waals surface area (Å²) in [6.07, 6.45) is 80.1. The van der Waals surface area contributed by atoms with Gasteiger partial charge in [-0.05, 0) is 116 Å². The summed E-state index contributed by atoms with van der Waals surface area (Å²) >= 11 is 0. The van der Waals surface area contributed by atoms with E-state index in [-0.39, 0.29) is 31.1 Å². The zero-order valence-corrected chi connectivity index (χ0v) is 48.1. The van der Waals surface area contributed by atoms with Crippen LogP contribution in [0.3, 0.4) is 0 Å². The van der Waals surface area contributed by atoms with Crippen LogP contribution in [0.2, 0.25) is 0 Å². The minimum Gasteiger partial charge on any atom is -0.462 e. The van der Waals surface area contributed by atoms with Crippen LogP contribution in [0.4, 0.5) is 0 Å². The molecule has 0 aromatic carbocycles. The number of hydrogen-bond donors (Lipinski definition) is 0. The first-order valence-electron chi connectivity index (χ1n) is 31.1. The Kier molecular flexibility index (Phi) is 58.3. The van der Waals surface area contributed by atoms with Crippen LogP contribution in [0.1, 0.15) is 303 Å².